The average molecular weight is 412 g/mol. The highest BCUT2D eigenvalue weighted by Gasteiger charge is 2.28. The molecule has 1 aromatic heterocycles. The van der Waals surface area contributed by atoms with Gasteiger partial charge in [0, 0.05) is 5.38 Å². The van der Waals surface area contributed by atoms with Gasteiger partial charge in [-0.1, -0.05) is 42.5 Å². The summed E-state index contributed by atoms with van der Waals surface area (Å²) in [5.74, 6) is 0.437. The molecule has 0 radical (unpaired) electrons. The highest BCUT2D eigenvalue weighted by atomic mass is 32.2. The molecule has 0 bridgehead atoms. The first kappa shape index (κ1) is 18.9. The first-order valence-corrected chi connectivity index (χ1v) is 11.8. The monoisotopic (exact) mass is 411 g/mol. The van der Waals surface area contributed by atoms with Gasteiger partial charge < -0.3 is 5.32 Å². The summed E-state index contributed by atoms with van der Waals surface area (Å²) in [6, 6.07) is 18.6. The Hall–Kier alpha value is -2.44. The molecule has 1 saturated carbocycles. The molecular weight excluding hydrogens is 390 g/mol. The molecule has 1 aliphatic rings. The van der Waals surface area contributed by atoms with Crippen molar-refractivity contribution >= 4 is 32.1 Å². The Bertz CT molecular complexity index is 1070. The Morgan fingerprint density at radius 1 is 1.00 bits per heavy atom. The van der Waals surface area contributed by atoms with Crippen molar-refractivity contribution in [3.05, 3.63) is 71.6 Å². The molecule has 3 aromatic rings. The molecule has 144 valence electrons. The molecule has 1 heterocycles. The lowest BCUT2D eigenvalue weighted by atomic mass is 10.1. The van der Waals surface area contributed by atoms with E-state index in [0.29, 0.717) is 10.8 Å². The molecule has 0 saturated heterocycles. The van der Waals surface area contributed by atoms with Gasteiger partial charge in [-0.05, 0) is 53.6 Å². The van der Waals surface area contributed by atoms with Crippen LogP contribution in [0.5, 0.6) is 0 Å². The molecule has 4 nitrogen and oxygen atoms in total. The maximum Gasteiger partial charge on any atom is 0.229 e. The number of anilines is 1. The zero-order valence-electron chi connectivity index (χ0n) is 15.3. The van der Waals surface area contributed by atoms with Gasteiger partial charge in [0.15, 0.2) is 9.84 Å². The molecule has 1 N–H and O–H groups in total. The highest BCUT2D eigenvalue weighted by Crippen LogP contribution is 2.32. The lowest BCUT2D eigenvalue weighted by Crippen LogP contribution is -2.14. The summed E-state index contributed by atoms with van der Waals surface area (Å²) in [5, 5.41) is 5.74. The van der Waals surface area contributed by atoms with Gasteiger partial charge in [0.2, 0.25) is 5.91 Å². The third kappa shape index (κ3) is 4.69. The Balaban J connectivity index is 1.37. The number of rotatable bonds is 7. The Morgan fingerprint density at radius 2 is 1.71 bits per heavy atom. The summed E-state index contributed by atoms with van der Waals surface area (Å²) >= 11 is 1.49. The van der Waals surface area contributed by atoms with E-state index >= 15 is 0 Å². The second-order valence-electron chi connectivity index (χ2n) is 7.16. The summed E-state index contributed by atoms with van der Waals surface area (Å²) in [6.45, 7) is 0. The number of hydrogen-bond acceptors (Lipinski definition) is 4. The molecule has 0 aliphatic heterocycles. The summed E-state index contributed by atoms with van der Waals surface area (Å²) < 4.78 is 24.6. The van der Waals surface area contributed by atoms with Gasteiger partial charge in [0.05, 0.1) is 22.1 Å². The number of carbonyl (C=O) groups is 1. The number of benzene rings is 2. The van der Waals surface area contributed by atoms with E-state index in [1.54, 1.807) is 24.3 Å². The highest BCUT2D eigenvalue weighted by molar-refractivity contribution is 7.91. The van der Waals surface area contributed by atoms with Crippen LogP contribution in [0, 0.1) is 5.92 Å². The normalized spacial score (nSPS) is 14.0. The maximum absolute atomic E-state index is 12.3. The van der Waals surface area contributed by atoms with Crippen LogP contribution in [0.15, 0.2) is 70.9 Å². The van der Waals surface area contributed by atoms with Gasteiger partial charge >= 0.3 is 0 Å². The van der Waals surface area contributed by atoms with Gasteiger partial charge in [0.25, 0.3) is 0 Å². The molecule has 0 atom stereocenters. The Kier molecular flexibility index (Phi) is 5.33. The third-order valence-electron chi connectivity index (χ3n) is 4.77. The van der Waals surface area contributed by atoms with Crippen LogP contribution in [-0.4, -0.2) is 20.1 Å². The van der Waals surface area contributed by atoms with Crippen LogP contribution >= 0.6 is 11.3 Å². The topological polar surface area (TPSA) is 63.2 Å². The Morgan fingerprint density at radius 3 is 2.39 bits per heavy atom. The van der Waals surface area contributed by atoms with Crippen molar-refractivity contribution in [1.29, 1.82) is 0 Å². The van der Waals surface area contributed by atoms with Crippen LogP contribution in [0.2, 0.25) is 0 Å². The lowest BCUT2D eigenvalue weighted by molar-refractivity contribution is -0.115. The SMILES string of the molecule is O=C(Cc1ccc(S(=O)(=O)CC2CC2)cc1)Nc1cc(-c2ccccc2)cs1. The van der Waals surface area contributed by atoms with Gasteiger partial charge in [-0.25, -0.2) is 8.42 Å². The van der Waals surface area contributed by atoms with Crippen molar-refractivity contribution in [2.45, 2.75) is 24.2 Å². The van der Waals surface area contributed by atoms with E-state index in [9.17, 15) is 13.2 Å². The van der Waals surface area contributed by atoms with E-state index < -0.39 is 9.84 Å². The standard InChI is InChI=1S/C22H21NO3S2/c24-21(23-22-13-19(14-27-22)18-4-2-1-3-5-18)12-16-8-10-20(11-9-16)28(25,26)15-17-6-7-17/h1-5,8-11,13-14,17H,6-7,12,15H2,(H,23,24). The van der Waals surface area contributed by atoms with E-state index in [4.69, 9.17) is 0 Å². The van der Waals surface area contributed by atoms with Gasteiger partial charge in [-0.15, -0.1) is 11.3 Å². The van der Waals surface area contributed by atoms with E-state index in [2.05, 4.69) is 5.32 Å². The smallest absolute Gasteiger partial charge is 0.229 e. The minimum atomic E-state index is -3.21. The van der Waals surface area contributed by atoms with Crippen molar-refractivity contribution in [3.63, 3.8) is 0 Å². The predicted molar refractivity (Wildman–Crippen MR) is 113 cm³/mol. The summed E-state index contributed by atoms with van der Waals surface area (Å²) in [5.41, 5.74) is 2.98. The second kappa shape index (κ2) is 7.89. The van der Waals surface area contributed by atoms with Crippen LogP contribution in [-0.2, 0) is 21.1 Å². The molecular formula is C22H21NO3S2. The number of carbonyl (C=O) groups excluding carboxylic acids is 1. The van der Waals surface area contributed by atoms with Crippen LogP contribution in [0.3, 0.4) is 0 Å². The van der Waals surface area contributed by atoms with Crippen LogP contribution < -0.4 is 5.32 Å². The molecule has 6 heteroatoms. The van der Waals surface area contributed by atoms with Gasteiger partial charge in [-0.2, -0.15) is 0 Å². The van der Waals surface area contributed by atoms with Crippen LogP contribution in [0.25, 0.3) is 11.1 Å². The minimum absolute atomic E-state index is 0.116. The lowest BCUT2D eigenvalue weighted by Gasteiger charge is -2.06. The molecule has 1 amide bonds. The van der Waals surface area contributed by atoms with Crippen molar-refractivity contribution in [2.24, 2.45) is 5.92 Å². The van der Waals surface area contributed by atoms with Crippen molar-refractivity contribution in [3.8, 4) is 11.1 Å². The molecule has 1 aliphatic carbocycles. The molecule has 1 fully saturated rings. The van der Waals surface area contributed by atoms with E-state index in [0.717, 1.165) is 34.5 Å². The van der Waals surface area contributed by atoms with Crippen molar-refractivity contribution in [2.75, 3.05) is 11.1 Å². The zero-order valence-corrected chi connectivity index (χ0v) is 16.9. The number of thiophene rings is 1. The number of amides is 1. The summed E-state index contributed by atoms with van der Waals surface area (Å²) in [4.78, 5) is 12.7. The molecule has 28 heavy (non-hydrogen) atoms. The minimum Gasteiger partial charge on any atom is -0.317 e. The number of hydrogen-bond donors (Lipinski definition) is 1. The predicted octanol–water partition coefficient (Wildman–Crippen LogP) is 4.78. The molecule has 0 unspecified atom stereocenters. The molecule has 4 rings (SSSR count). The fourth-order valence-corrected chi connectivity index (χ4v) is 5.58. The van der Waals surface area contributed by atoms with E-state index in [1.807, 2.05) is 41.8 Å². The fraction of sp³-hybridized carbons (Fsp3) is 0.227. The quantitative estimate of drug-likeness (QED) is 0.608. The number of sulfone groups is 1. The first-order valence-electron chi connectivity index (χ1n) is 9.25. The van der Waals surface area contributed by atoms with Crippen LogP contribution in [0.1, 0.15) is 18.4 Å². The maximum atomic E-state index is 12.3. The van der Waals surface area contributed by atoms with E-state index in [1.165, 1.54) is 11.3 Å². The average Bonchev–Trinajstić information content (AvgIpc) is 3.36. The third-order valence-corrected chi connectivity index (χ3v) is 7.51. The summed E-state index contributed by atoms with van der Waals surface area (Å²) in [6.07, 6.45) is 2.22. The van der Waals surface area contributed by atoms with E-state index in [-0.39, 0.29) is 18.1 Å². The first-order chi connectivity index (χ1) is 13.5. The fourth-order valence-electron chi connectivity index (χ4n) is 3.06. The second-order valence-corrected chi connectivity index (χ2v) is 10.1. The summed E-state index contributed by atoms with van der Waals surface area (Å²) in [7, 11) is -3.21. The Labute approximate surface area is 169 Å². The molecule has 0 spiro atoms. The van der Waals surface area contributed by atoms with Gasteiger partial charge in [0.1, 0.15) is 0 Å². The van der Waals surface area contributed by atoms with Crippen molar-refractivity contribution in [1.82, 2.24) is 0 Å². The molecule has 2 aromatic carbocycles. The largest absolute Gasteiger partial charge is 0.317 e. The van der Waals surface area contributed by atoms with Gasteiger partial charge in [-0.3, -0.25) is 4.79 Å². The van der Waals surface area contributed by atoms with Crippen molar-refractivity contribution < 1.29 is 13.2 Å². The number of nitrogens with one attached hydrogen (secondary N) is 1. The van der Waals surface area contributed by atoms with Crippen LogP contribution in [0.4, 0.5) is 5.00 Å². The zero-order chi connectivity index (χ0) is 19.6.